The van der Waals surface area contributed by atoms with E-state index in [1.165, 1.54) is 12.4 Å². The average Bonchev–Trinajstić information content (AvgIpc) is 2.85. The van der Waals surface area contributed by atoms with Crippen molar-refractivity contribution in [2.75, 3.05) is 0 Å². The number of hydrogen-bond donors (Lipinski definition) is 2. The number of aryl methyl sites for hydroxylation is 1. The molecule has 1 fully saturated rings. The fourth-order valence-corrected chi connectivity index (χ4v) is 2.62. The molecular weight excluding hydrogens is 330 g/mol. The lowest BCUT2D eigenvalue weighted by Gasteiger charge is -2.29. The molecule has 25 heavy (non-hydrogen) atoms. The van der Waals surface area contributed by atoms with Crippen LogP contribution < -0.4 is 5.69 Å². The van der Waals surface area contributed by atoms with Crippen LogP contribution in [0.25, 0.3) is 10.4 Å². The quantitative estimate of drug-likeness (QED) is 0.465. The zero-order valence-electron chi connectivity index (χ0n) is 14.4. The molecule has 0 aliphatic carbocycles. The van der Waals surface area contributed by atoms with E-state index < -0.39 is 41.0 Å². The molecule has 1 unspecified atom stereocenters. The Morgan fingerprint density at radius 2 is 2.24 bits per heavy atom. The van der Waals surface area contributed by atoms with Gasteiger partial charge in [-0.25, -0.2) is 9.78 Å². The number of hydrogen-bond acceptors (Lipinski definition) is 7. The molecule has 10 heteroatoms. The van der Waals surface area contributed by atoms with Gasteiger partial charge < -0.3 is 14.9 Å². The van der Waals surface area contributed by atoms with Crippen molar-refractivity contribution in [3.8, 4) is 0 Å². The van der Waals surface area contributed by atoms with Gasteiger partial charge in [0, 0.05) is 23.7 Å². The molecule has 136 valence electrons. The Hall–Kier alpha value is -2.26. The summed E-state index contributed by atoms with van der Waals surface area (Å²) in [5, 5.41) is 24.1. The van der Waals surface area contributed by atoms with Crippen molar-refractivity contribution in [2.24, 2.45) is 10.5 Å². The second-order valence-electron chi connectivity index (χ2n) is 7.23. The van der Waals surface area contributed by atoms with Gasteiger partial charge in [0.15, 0.2) is 17.6 Å². The normalized spacial score (nSPS) is 27.6. The number of ether oxygens (including phenoxy) is 1. The van der Waals surface area contributed by atoms with Crippen LogP contribution in [0.3, 0.4) is 0 Å². The summed E-state index contributed by atoms with van der Waals surface area (Å²) in [5.41, 5.74) is 5.74. The van der Waals surface area contributed by atoms with E-state index in [1.54, 1.807) is 27.7 Å². The van der Waals surface area contributed by atoms with Crippen molar-refractivity contribution in [2.45, 2.75) is 58.3 Å². The van der Waals surface area contributed by atoms with Gasteiger partial charge >= 0.3 is 5.69 Å². The van der Waals surface area contributed by atoms with Gasteiger partial charge in [0.05, 0.1) is 0 Å². The number of aliphatic hydroxyl groups excluding tert-OH is 1. The van der Waals surface area contributed by atoms with Crippen molar-refractivity contribution >= 4 is 5.78 Å². The molecule has 1 aliphatic heterocycles. The fourth-order valence-electron chi connectivity index (χ4n) is 2.62. The van der Waals surface area contributed by atoms with Crippen LogP contribution in [0.4, 0.5) is 0 Å². The van der Waals surface area contributed by atoms with E-state index in [4.69, 9.17) is 10.3 Å². The van der Waals surface area contributed by atoms with Crippen LogP contribution in [0.15, 0.2) is 22.3 Å². The van der Waals surface area contributed by atoms with E-state index in [0.29, 0.717) is 5.56 Å². The lowest BCUT2D eigenvalue weighted by atomic mass is 9.83. The summed E-state index contributed by atoms with van der Waals surface area (Å²) >= 11 is 0. The van der Waals surface area contributed by atoms with Crippen LogP contribution >= 0.6 is 0 Å². The summed E-state index contributed by atoms with van der Waals surface area (Å²) in [6, 6.07) is 0. The summed E-state index contributed by atoms with van der Waals surface area (Å²) < 4.78 is 6.64. The lowest BCUT2D eigenvalue weighted by molar-refractivity contribution is -0.155. The summed E-state index contributed by atoms with van der Waals surface area (Å²) in [7, 11) is 0. The molecule has 1 saturated heterocycles. The van der Waals surface area contributed by atoms with Crippen molar-refractivity contribution in [3.05, 3.63) is 38.9 Å². The van der Waals surface area contributed by atoms with Gasteiger partial charge in [-0.1, -0.05) is 25.9 Å². The molecule has 1 aromatic rings. The number of carbonyl (C=O) groups excluding carboxylic acids is 1. The van der Waals surface area contributed by atoms with Crippen LogP contribution in [-0.2, 0) is 9.53 Å². The molecule has 0 amide bonds. The van der Waals surface area contributed by atoms with E-state index in [9.17, 15) is 19.8 Å². The number of aromatic nitrogens is 2. The molecule has 1 aromatic heterocycles. The van der Waals surface area contributed by atoms with Crippen LogP contribution in [0.2, 0.25) is 0 Å². The molecule has 0 radical (unpaired) electrons. The van der Waals surface area contributed by atoms with Crippen molar-refractivity contribution in [1.82, 2.24) is 9.55 Å². The van der Waals surface area contributed by atoms with Gasteiger partial charge in [-0.05, 0) is 23.4 Å². The highest BCUT2D eigenvalue weighted by molar-refractivity contribution is 5.89. The first-order valence-corrected chi connectivity index (χ1v) is 7.70. The maximum atomic E-state index is 12.6. The molecule has 0 bridgehead atoms. The van der Waals surface area contributed by atoms with E-state index in [1.807, 2.05) is 0 Å². The van der Waals surface area contributed by atoms with Gasteiger partial charge in [-0.3, -0.25) is 9.36 Å². The Bertz CT molecular complexity index is 779. The maximum Gasteiger partial charge on any atom is 0.349 e. The molecule has 2 N–H and O–H groups in total. The molecule has 0 spiro atoms. The molecule has 10 nitrogen and oxygen atoms in total. The van der Waals surface area contributed by atoms with Crippen LogP contribution in [0, 0.1) is 12.3 Å². The summed E-state index contributed by atoms with van der Waals surface area (Å²) in [6.07, 6.45) is -1.60. The van der Waals surface area contributed by atoms with Crippen molar-refractivity contribution in [3.63, 3.8) is 0 Å². The fraction of sp³-hybridized carbons (Fsp3) is 0.667. The Morgan fingerprint density at radius 3 is 2.80 bits per heavy atom. The van der Waals surface area contributed by atoms with E-state index in [2.05, 4.69) is 15.0 Å². The topological polar surface area (TPSA) is 150 Å². The Labute approximate surface area is 143 Å². The smallest absolute Gasteiger partial charge is 0.349 e. The number of Topliss-reactive ketones (excluding diaryl/α,β-unsaturated/α-hetero) is 1. The summed E-state index contributed by atoms with van der Waals surface area (Å²) in [5.74, 6) is -0.821. The number of aliphatic hydroxyl groups is 2. The monoisotopic (exact) mass is 351 g/mol. The van der Waals surface area contributed by atoms with Crippen LogP contribution in [-0.4, -0.2) is 43.5 Å². The number of ketones is 1. The predicted octanol–water partition coefficient (Wildman–Crippen LogP) is 0.814. The minimum absolute atomic E-state index is 0.324. The Balaban J connectivity index is 2.42. The van der Waals surface area contributed by atoms with E-state index >= 15 is 0 Å². The van der Waals surface area contributed by atoms with E-state index in [0.717, 1.165) is 4.57 Å². The standard InChI is InChI=1S/C15H21N5O5/c1-8-6-17-13(23)20(7-8)9-5-15(24,18-19-16)12(25-9)10(21)11(22)14(2,3)4/h6-7,9,11-12,22,24H,5H2,1-4H3/t9-,11?,12-,15+/m1/s1. The third-order valence-corrected chi connectivity index (χ3v) is 4.01. The Morgan fingerprint density at radius 1 is 1.60 bits per heavy atom. The summed E-state index contributed by atoms with van der Waals surface area (Å²) in [4.78, 5) is 30.8. The average molecular weight is 351 g/mol. The van der Waals surface area contributed by atoms with Gasteiger partial charge in [-0.2, -0.15) is 0 Å². The lowest BCUT2D eigenvalue weighted by Crippen LogP contribution is -2.49. The first-order valence-electron chi connectivity index (χ1n) is 7.70. The number of nitrogens with zero attached hydrogens (tertiary/aromatic N) is 5. The second kappa shape index (κ2) is 6.57. The molecule has 0 aromatic carbocycles. The third-order valence-electron chi connectivity index (χ3n) is 4.01. The molecule has 0 saturated carbocycles. The predicted molar refractivity (Wildman–Crippen MR) is 86.3 cm³/mol. The van der Waals surface area contributed by atoms with Crippen molar-refractivity contribution in [1.29, 1.82) is 0 Å². The molecule has 2 rings (SSSR count). The molecule has 4 atom stereocenters. The van der Waals surface area contributed by atoms with Gasteiger partial charge in [-0.15, -0.1) is 0 Å². The molecular formula is C15H21N5O5. The van der Waals surface area contributed by atoms with Gasteiger partial charge in [0.25, 0.3) is 0 Å². The third kappa shape index (κ3) is 3.72. The number of carbonyl (C=O) groups is 1. The minimum Gasteiger partial charge on any atom is -0.385 e. The van der Waals surface area contributed by atoms with Crippen molar-refractivity contribution < 1.29 is 19.7 Å². The highest BCUT2D eigenvalue weighted by Crippen LogP contribution is 2.39. The van der Waals surface area contributed by atoms with Gasteiger partial charge in [0.2, 0.25) is 0 Å². The van der Waals surface area contributed by atoms with Crippen LogP contribution in [0.1, 0.15) is 39.0 Å². The largest absolute Gasteiger partial charge is 0.385 e. The number of rotatable bonds is 4. The number of azide groups is 1. The first kappa shape index (κ1) is 19.1. The zero-order chi connectivity index (χ0) is 19.0. The first-order chi connectivity index (χ1) is 11.5. The summed E-state index contributed by atoms with van der Waals surface area (Å²) in [6.45, 7) is 6.64. The molecule has 1 aliphatic rings. The highest BCUT2D eigenvalue weighted by Gasteiger charge is 2.54. The zero-order valence-corrected chi connectivity index (χ0v) is 14.4. The minimum atomic E-state index is -2.22. The molecule has 2 heterocycles. The second-order valence-corrected chi connectivity index (χ2v) is 7.23. The highest BCUT2D eigenvalue weighted by atomic mass is 16.5. The SMILES string of the molecule is Cc1cnc(=O)n([C@H]2C[C@@](O)(N=[N+]=[N-])[C@@H](C(=O)C(O)C(C)(C)C)O2)c1. The Kier molecular flexibility index (Phi) is 5.01. The maximum absolute atomic E-state index is 12.6. The van der Waals surface area contributed by atoms with Gasteiger partial charge in [0.1, 0.15) is 12.3 Å². The van der Waals surface area contributed by atoms with E-state index in [-0.39, 0.29) is 6.42 Å². The van der Waals surface area contributed by atoms with Crippen LogP contribution in [0.5, 0.6) is 0 Å².